The van der Waals surface area contributed by atoms with Crippen molar-refractivity contribution >= 4 is 11.2 Å². The number of rotatable bonds is 2. The highest BCUT2D eigenvalue weighted by atomic mass is 16.3. The van der Waals surface area contributed by atoms with Gasteiger partial charge in [-0.3, -0.25) is 0 Å². The minimum absolute atomic E-state index is 0.0230. The fourth-order valence-electron chi connectivity index (χ4n) is 1.30. The molecule has 0 unspecified atom stereocenters. The van der Waals surface area contributed by atoms with Crippen molar-refractivity contribution in [2.75, 3.05) is 0 Å². The van der Waals surface area contributed by atoms with Crippen LogP contribution in [0.1, 0.15) is 12.6 Å². The molecule has 2 aromatic rings. The Morgan fingerprint density at radius 2 is 2.31 bits per heavy atom. The zero-order chi connectivity index (χ0) is 9.26. The predicted molar refractivity (Wildman–Crippen MR) is 49.1 cm³/mol. The topological polar surface area (TPSA) is 50.9 Å². The van der Waals surface area contributed by atoms with Crippen LogP contribution in [-0.2, 0) is 13.2 Å². The molecule has 0 amide bonds. The number of nitrogens with zero attached hydrogens (tertiary/aromatic N) is 3. The van der Waals surface area contributed by atoms with Crippen LogP contribution in [0.25, 0.3) is 11.2 Å². The van der Waals surface area contributed by atoms with Crippen LogP contribution in [0.3, 0.4) is 0 Å². The average Bonchev–Trinajstić information content (AvgIpc) is 2.59. The Morgan fingerprint density at radius 1 is 1.46 bits per heavy atom. The molecule has 2 rings (SSSR count). The lowest BCUT2D eigenvalue weighted by atomic mass is 10.3. The normalized spacial score (nSPS) is 10.9. The molecule has 0 saturated carbocycles. The molecule has 4 nitrogen and oxygen atoms in total. The summed E-state index contributed by atoms with van der Waals surface area (Å²) in [5.74, 6) is 0. The van der Waals surface area contributed by atoms with Crippen molar-refractivity contribution in [2.45, 2.75) is 20.1 Å². The quantitative estimate of drug-likeness (QED) is 0.742. The monoisotopic (exact) mass is 177 g/mol. The van der Waals surface area contributed by atoms with Gasteiger partial charge in [0.25, 0.3) is 0 Å². The zero-order valence-corrected chi connectivity index (χ0v) is 7.44. The molecule has 0 radical (unpaired) electrons. The van der Waals surface area contributed by atoms with E-state index in [9.17, 15) is 0 Å². The molecule has 0 aliphatic heterocycles. The van der Waals surface area contributed by atoms with Gasteiger partial charge in [-0.25, -0.2) is 9.97 Å². The van der Waals surface area contributed by atoms with E-state index in [0.29, 0.717) is 5.69 Å². The van der Waals surface area contributed by atoms with Crippen LogP contribution >= 0.6 is 0 Å². The molecular formula is C9H11N3O. The number of fused-ring (bicyclic) bond motifs is 1. The molecule has 13 heavy (non-hydrogen) atoms. The first-order chi connectivity index (χ1) is 6.35. The van der Waals surface area contributed by atoms with Crippen LogP contribution in [-0.4, -0.2) is 19.6 Å². The third kappa shape index (κ3) is 1.29. The van der Waals surface area contributed by atoms with E-state index in [2.05, 4.69) is 9.97 Å². The SMILES string of the molecule is CCn1cnc2ccc(CO)nc21. The molecule has 0 aliphatic rings. The van der Waals surface area contributed by atoms with E-state index in [4.69, 9.17) is 5.11 Å². The number of aliphatic hydroxyl groups excluding tert-OH is 1. The maximum absolute atomic E-state index is 8.91. The number of hydrogen-bond donors (Lipinski definition) is 1. The van der Waals surface area contributed by atoms with Crippen LogP contribution in [0.5, 0.6) is 0 Å². The smallest absolute Gasteiger partial charge is 0.160 e. The van der Waals surface area contributed by atoms with E-state index in [-0.39, 0.29) is 6.61 Å². The zero-order valence-electron chi connectivity index (χ0n) is 7.44. The van der Waals surface area contributed by atoms with Gasteiger partial charge in [-0.2, -0.15) is 0 Å². The molecular weight excluding hydrogens is 166 g/mol. The lowest BCUT2D eigenvalue weighted by molar-refractivity contribution is 0.277. The molecule has 0 bridgehead atoms. The highest BCUT2D eigenvalue weighted by Crippen LogP contribution is 2.10. The van der Waals surface area contributed by atoms with Gasteiger partial charge < -0.3 is 9.67 Å². The second kappa shape index (κ2) is 3.14. The third-order valence-electron chi connectivity index (χ3n) is 2.02. The summed E-state index contributed by atoms with van der Waals surface area (Å²) in [5.41, 5.74) is 2.40. The lowest BCUT2D eigenvalue weighted by Gasteiger charge is -1.99. The second-order valence-corrected chi connectivity index (χ2v) is 2.83. The third-order valence-corrected chi connectivity index (χ3v) is 2.02. The van der Waals surface area contributed by atoms with Crippen LogP contribution in [0.4, 0.5) is 0 Å². The van der Waals surface area contributed by atoms with Gasteiger partial charge in [0.05, 0.1) is 18.6 Å². The molecule has 0 spiro atoms. The van der Waals surface area contributed by atoms with Crippen LogP contribution in [0, 0.1) is 0 Å². The van der Waals surface area contributed by atoms with E-state index in [1.54, 1.807) is 12.4 Å². The predicted octanol–water partition coefficient (Wildman–Crippen LogP) is 0.943. The largest absolute Gasteiger partial charge is 0.390 e. The van der Waals surface area contributed by atoms with Crippen molar-refractivity contribution < 1.29 is 5.11 Å². The second-order valence-electron chi connectivity index (χ2n) is 2.83. The summed E-state index contributed by atoms with van der Waals surface area (Å²) in [6.07, 6.45) is 1.76. The minimum atomic E-state index is -0.0230. The van der Waals surface area contributed by atoms with Crippen molar-refractivity contribution in [1.82, 2.24) is 14.5 Å². The van der Waals surface area contributed by atoms with E-state index < -0.39 is 0 Å². The highest BCUT2D eigenvalue weighted by Gasteiger charge is 2.02. The van der Waals surface area contributed by atoms with E-state index in [0.717, 1.165) is 17.7 Å². The van der Waals surface area contributed by atoms with Gasteiger partial charge in [0, 0.05) is 6.54 Å². The van der Waals surface area contributed by atoms with Gasteiger partial charge in [0.15, 0.2) is 5.65 Å². The summed E-state index contributed by atoms with van der Waals surface area (Å²) in [4.78, 5) is 8.46. The Labute approximate surface area is 75.9 Å². The van der Waals surface area contributed by atoms with Gasteiger partial charge in [0.2, 0.25) is 0 Å². The molecule has 68 valence electrons. The molecule has 0 atom stereocenters. The van der Waals surface area contributed by atoms with Gasteiger partial charge in [-0.05, 0) is 19.1 Å². The number of pyridine rings is 1. The van der Waals surface area contributed by atoms with E-state index in [1.165, 1.54) is 0 Å². The summed E-state index contributed by atoms with van der Waals surface area (Å²) in [5, 5.41) is 8.91. The van der Waals surface area contributed by atoms with Crippen molar-refractivity contribution in [2.24, 2.45) is 0 Å². The Hall–Kier alpha value is -1.42. The summed E-state index contributed by atoms with van der Waals surface area (Å²) in [6.45, 7) is 2.86. The van der Waals surface area contributed by atoms with Gasteiger partial charge in [-0.15, -0.1) is 0 Å². The summed E-state index contributed by atoms with van der Waals surface area (Å²) in [7, 11) is 0. The van der Waals surface area contributed by atoms with Crippen molar-refractivity contribution in [3.8, 4) is 0 Å². The summed E-state index contributed by atoms with van der Waals surface area (Å²) < 4.78 is 1.95. The Kier molecular flexibility index (Phi) is 1.98. The average molecular weight is 177 g/mol. The molecule has 0 fully saturated rings. The summed E-state index contributed by atoms with van der Waals surface area (Å²) in [6, 6.07) is 3.66. The van der Waals surface area contributed by atoms with Crippen molar-refractivity contribution in [3.63, 3.8) is 0 Å². The number of hydrogen-bond acceptors (Lipinski definition) is 3. The molecule has 0 aromatic carbocycles. The molecule has 0 saturated heterocycles. The summed E-state index contributed by atoms with van der Waals surface area (Å²) >= 11 is 0. The maximum Gasteiger partial charge on any atom is 0.160 e. The molecule has 2 aromatic heterocycles. The van der Waals surface area contributed by atoms with Gasteiger partial charge in [-0.1, -0.05) is 0 Å². The fourth-order valence-corrected chi connectivity index (χ4v) is 1.30. The molecule has 0 aliphatic carbocycles. The maximum atomic E-state index is 8.91. The first-order valence-corrected chi connectivity index (χ1v) is 4.26. The molecule has 4 heteroatoms. The van der Waals surface area contributed by atoms with Crippen molar-refractivity contribution in [1.29, 1.82) is 0 Å². The number of aryl methyl sites for hydroxylation is 1. The van der Waals surface area contributed by atoms with Crippen LogP contribution < -0.4 is 0 Å². The Balaban J connectivity index is 2.64. The molecule has 1 N–H and O–H groups in total. The van der Waals surface area contributed by atoms with Crippen LogP contribution in [0.15, 0.2) is 18.5 Å². The van der Waals surface area contributed by atoms with Gasteiger partial charge >= 0.3 is 0 Å². The van der Waals surface area contributed by atoms with E-state index in [1.807, 2.05) is 17.6 Å². The number of imidazole rings is 1. The first kappa shape index (κ1) is 8.19. The van der Waals surface area contributed by atoms with Crippen molar-refractivity contribution in [3.05, 3.63) is 24.2 Å². The Bertz CT molecular complexity index is 422. The number of aliphatic hydroxyl groups is 1. The standard InChI is InChI=1S/C9H11N3O/c1-2-12-6-10-8-4-3-7(5-13)11-9(8)12/h3-4,6,13H,2,5H2,1H3. The molecule has 2 heterocycles. The fraction of sp³-hybridized carbons (Fsp3) is 0.333. The van der Waals surface area contributed by atoms with E-state index >= 15 is 0 Å². The highest BCUT2D eigenvalue weighted by molar-refractivity contribution is 5.70. The lowest BCUT2D eigenvalue weighted by Crippen LogP contribution is -1.96. The number of aromatic nitrogens is 3. The van der Waals surface area contributed by atoms with Gasteiger partial charge in [0.1, 0.15) is 5.52 Å². The minimum Gasteiger partial charge on any atom is -0.390 e. The Morgan fingerprint density at radius 3 is 3.00 bits per heavy atom. The first-order valence-electron chi connectivity index (χ1n) is 4.26. The van der Waals surface area contributed by atoms with Crippen LogP contribution in [0.2, 0.25) is 0 Å².